The van der Waals surface area contributed by atoms with E-state index in [4.69, 9.17) is 5.73 Å². The van der Waals surface area contributed by atoms with Crippen molar-refractivity contribution >= 4 is 27.5 Å². The van der Waals surface area contributed by atoms with E-state index in [9.17, 15) is 8.42 Å². The van der Waals surface area contributed by atoms with Crippen molar-refractivity contribution in [2.24, 2.45) is 0 Å². The Labute approximate surface area is 122 Å². The SMILES string of the molecule is Nc1ccccc1SCCS(=O)(=O)NCc1cn[nH]c1. The van der Waals surface area contributed by atoms with Crippen LogP contribution in [0.2, 0.25) is 0 Å². The fraction of sp³-hybridized carbons (Fsp3) is 0.250. The third-order valence-corrected chi connectivity index (χ3v) is 5.25. The van der Waals surface area contributed by atoms with Crippen molar-refractivity contribution in [2.45, 2.75) is 11.4 Å². The molecule has 0 saturated heterocycles. The van der Waals surface area contributed by atoms with Gasteiger partial charge in [-0.25, -0.2) is 13.1 Å². The van der Waals surface area contributed by atoms with Crippen LogP contribution in [-0.2, 0) is 16.6 Å². The lowest BCUT2D eigenvalue weighted by molar-refractivity contribution is 0.583. The molecule has 8 heteroatoms. The van der Waals surface area contributed by atoms with Gasteiger partial charge < -0.3 is 5.73 Å². The smallest absolute Gasteiger partial charge is 0.212 e. The first-order valence-corrected chi connectivity index (χ1v) is 8.63. The second-order valence-electron chi connectivity index (χ2n) is 4.13. The van der Waals surface area contributed by atoms with Crippen LogP contribution in [-0.4, -0.2) is 30.1 Å². The Balaban J connectivity index is 1.79. The molecule has 0 spiro atoms. The summed E-state index contributed by atoms with van der Waals surface area (Å²) < 4.78 is 26.2. The number of thioether (sulfide) groups is 1. The Morgan fingerprint density at radius 1 is 1.35 bits per heavy atom. The van der Waals surface area contributed by atoms with Gasteiger partial charge in [0.15, 0.2) is 0 Å². The van der Waals surface area contributed by atoms with Gasteiger partial charge in [-0.2, -0.15) is 5.10 Å². The number of nitrogens with zero attached hydrogens (tertiary/aromatic N) is 1. The van der Waals surface area contributed by atoms with Gasteiger partial charge in [0, 0.05) is 34.6 Å². The van der Waals surface area contributed by atoms with E-state index in [1.807, 2.05) is 18.2 Å². The summed E-state index contributed by atoms with van der Waals surface area (Å²) in [5.74, 6) is 0.499. The first-order chi connectivity index (χ1) is 9.57. The number of rotatable bonds is 7. The molecular weight excluding hydrogens is 296 g/mol. The summed E-state index contributed by atoms with van der Waals surface area (Å²) in [6.07, 6.45) is 3.24. The summed E-state index contributed by atoms with van der Waals surface area (Å²) in [6, 6.07) is 7.41. The van der Waals surface area contributed by atoms with Crippen molar-refractivity contribution in [1.82, 2.24) is 14.9 Å². The van der Waals surface area contributed by atoms with Gasteiger partial charge in [-0.15, -0.1) is 11.8 Å². The highest BCUT2D eigenvalue weighted by Crippen LogP contribution is 2.24. The number of benzene rings is 1. The van der Waals surface area contributed by atoms with Crippen molar-refractivity contribution in [3.63, 3.8) is 0 Å². The van der Waals surface area contributed by atoms with Gasteiger partial charge in [-0.05, 0) is 12.1 Å². The molecule has 1 aromatic heterocycles. The minimum Gasteiger partial charge on any atom is -0.398 e. The van der Waals surface area contributed by atoms with Crippen LogP contribution in [0.4, 0.5) is 5.69 Å². The fourth-order valence-corrected chi connectivity index (χ4v) is 3.88. The molecule has 2 aromatic rings. The Bertz CT molecular complexity index is 641. The highest BCUT2D eigenvalue weighted by atomic mass is 32.2. The van der Waals surface area contributed by atoms with E-state index in [1.54, 1.807) is 18.5 Å². The maximum absolute atomic E-state index is 11.8. The molecule has 20 heavy (non-hydrogen) atoms. The Morgan fingerprint density at radius 3 is 2.85 bits per heavy atom. The number of H-pyrrole nitrogens is 1. The summed E-state index contributed by atoms with van der Waals surface area (Å²) in [5, 5.41) is 6.39. The van der Waals surface area contributed by atoms with Crippen molar-refractivity contribution < 1.29 is 8.42 Å². The molecule has 0 amide bonds. The average Bonchev–Trinajstić information content (AvgIpc) is 2.92. The molecule has 4 N–H and O–H groups in total. The van der Waals surface area contributed by atoms with Gasteiger partial charge in [0.1, 0.15) is 0 Å². The summed E-state index contributed by atoms with van der Waals surface area (Å²) in [4.78, 5) is 0.900. The predicted molar refractivity (Wildman–Crippen MR) is 80.8 cm³/mol. The molecular formula is C12H16N4O2S2. The molecule has 0 aliphatic rings. The second kappa shape index (κ2) is 6.78. The van der Waals surface area contributed by atoms with E-state index in [-0.39, 0.29) is 12.3 Å². The van der Waals surface area contributed by atoms with Crippen LogP contribution in [0.25, 0.3) is 0 Å². The number of nitrogens with one attached hydrogen (secondary N) is 2. The zero-order valence-electron chi connectivity index (χ0n) is 10.7. The fourth-order valence-electron chi connectivity index (χ4n) is 1.51. The number of aromatic amines is 1. The molecule has 0 aliphatic heterocycles. The van der Waals surface area contributed by atoms with Crippen molar-refractivity contribution in [3.05, 3.63) is 42.2 Å². The standard InChI is InChI=1S/C12H16N4O2S2/c13-11-3-1-2-4-12(11)19-5-6-20(17,18)16-9-10-7-14-15-8-10/h1-4,7-8,16H,5-6,9,13H2,(H,14,15). The maximum atomic E-state index is 11.8. The van der Waals surface area contributed by atoms with Crippen LogP contribution in [0.3, 0.4) is 0 Å². The van der Waals surface area contributed by atoms with E-state index < -0.39 is 10.0 Å². The van der Waals surface area contributed by atoms with Crippen molar-refractivity contribution in [3.8, 4) is 0 Å². The zero-order chi connectivity index (χ0) is 14.4. The average molecular weight is 312 g/mol. The molecule has 2 rings (SSSR count). The van der Waals surface area contributed by atoms with Gasteiger partial charge in [0.25, 0.3) is 0 Å². The number of anilines is 1. The van der Waals surface area contributed by atoms with E-state index in [2.05, 4.69) is 14.9 Å². The lowest BCUT2D eigenvalue weighted by Gasteiger charge is -2.07. The van der Waals surface area contributed by atoms with Gasteiger partial charge in [0.2, 0.25) is 10.0 Å². The third kappa shape index (κ3) is 4.55. The van der Waals surface area contributed by atoms with Gasteiger partial charge in [-0.3, -0.25) is 5.10 Å². The quantitative estimate of drug-likeness (QED) is 0.527. The largest absolute Gasteiger partial charge is 0.398 e. The molecule has 0 bridgehead atoms. The van der Waals surface area contributed by atoms with Crippen LogP contribution in [0.1, 0.15) is 5.56 Å². The molecule has 0 saturated carbocycles. The molecule has 0 aliphatic carbocycles. The van der Waals surface area contributed by atoms with Crippen LogP contribution >= 0.6 is 11.8 Å². The highest BCUT2D eigenvalue weighted by molar-refractivity contribution is 8.00. The number of hydrogen-bond acceptors (Lipinski definition) is 5. The monoisotopic (exact) mass is 312 g/mol. The lowest BCUT2D eigenvalue weighted by atomic mass is 10.3. The topological polar surface area (TPSA) is 101 Å². The van der Waals surface area contributed by atoms with E-state index in [1.165, 1.54) is 11.8 Å². The summed E-state index contributed by atoms with van der Waals surface area (Å²) in [7, 11) is -3.29. The minimum atomic E-state index is -3.29. The Kier molecular flexibility index (Phi) is 5.05. The predicted octanol–water partition coefficient (Wildman–Crippen LogP) is 1.20. The first-order valence-electron chi connectivity index (χ1n) is 5.99. The van der Waals surface area contributed by atoms with Crippen molar-refractivity contribution in [2.75, 3.05) is 17.2 Å². The summed E-state index contributed by atoms with van der Waals surface area (Å²) >= 11 is 1.43. The molecule has 1 aromatic carbocycles. The molecule has 6 nitrogen and oxygen atoms in total. The third-order valence-electron chi connectivity index (χ3n) is 2.58. The second-order valence-corrected chi connectivity index (χ2v) is 7.20. The number of nitrogen functional groups attached to an aromatic ring is 1. The van der Waals surface area contributed by atoms with Gasteiger partial charge in [-0.1, -0.05) is 12.1 Å². The number of aromatic nitrogens is 2. The Hall–Kier alpha value is -1.51. The first kappa shape index (κ1) is 14.9. The van der Waals surface area contributed by atoms with Crippen molar-refractivity contribution in [1.29, 1.82) is 0 Å². The normalized spacial score (nSPS) is 11.6. The summed E-state index contributed by atoms with van der Waals surface area (Å²) in [5.41, 5.74) is 7.26. The number of hydrogen-bond donors (Lipinski definition) is 3. The summed E-state index contributed by atoms with van der Waals surface area (Å²) in [6.45, 7) is 0.247. The highest BCUT2D eigenvalue weighted by Gasteiger charge is 2.10. The van der Waals surface area contributed by atoms with Crippen LogP contribution in [0, 0.1) is 0 Å². The zero-order valence-corrected chi connectivity index (χ0v) is 12.4. The van der Waals surface area contributed by atoms with Crippen LogP contribution < -0.4 is 10.5 Å². The number of para-hydroxylation sites is 1. The van der Waals surface area contributed by atoms with E-state index >= 15 is 0 Å². The molecule has 1 heterocycles. The van der Waals surface area contributed by atoms with Crippen LogP contribution in [0.5, 0.6) is 0 Å². The van der Waals surface area contributed by atoms with Gasteiger partial charge >= 0.3 is 0 Å². The Morgan fingerprint density at radius 2 is 2.15 bits per heavy atom. The number of sulfonamides is 1. The lowest BCUT2D eigenvalue weighted by Crippen LogP contribution is -2.26. The molecule has 0 unspecified atom stereocenters. The van der Waals surface area contributed by atoms with Crippen LogP contribution in [0.15, 0.2) is 41.6 Å². The minimum absolute atomic E-state index is 0.0455. The maximum Gasteiger partial charge on any atom is 0.212 e. The van der Waals surface area contributed by atoms with Gasteiger partial charge in [0.05, 0.1) is 11.9 Å². The molecule has 0 radical (unpaired) electrons. The molecule has 0 fully saturated rings. The van der Waals surface area contributed by atoms with E-state index in [0.717, 1.165) is 10.5 Å². The number of nitrogens with two attached hydrogens (primary N) is 1. The molecule has 108 valence electrons. The molecule has 0 atom stereocenters. The van der Waals surface area contributed by atoms with E-state index in [0.29, 0.717) is 11.4 Å².